The summed E-state index contributed by atoms with van der Waals surface area (Å²) >= 11 is 6.40. The number of aryl methyl sites for hydroxylation is 1. The number of hydrogen-bond acceptors (Lipinski definition) is 8. The van der Waals surface area contributed by atoms with Crippen molar-refractivity contribution in [1.29, 1.82) is 5.26 Å². The van der Waals surface area contributed by atoms with Crippen LogP contribution in [0.2, 0.25) is 5.15 Å². The van der Waals surface area contributed by atoms with Crippen molar-refractivity contribution in [2.75, 3.05) is 19.3 Å². The summed E-state index contributed by atoms with van der Waals surface area (Å²) in [5, 5.41) is 14.7. The van der Waals surface area contributed by atoms with Crippen molar-refractivity contribution >= 4 is 17.3 Å². The number of halogens is 2. The molecule has 0 radical (unpaired) electrons. The number of benzene rings is 1. The van der Waals surface area contributed by atoms with Crippen molar-refractivity contribution < 1.29 is 13.7 Å². The van der Waals surface area contributed by atoms with Crippen LogP contribution in [0.5, 0.6) is 5.88 Å². The quantitative estimate of drug-likeness (QED) is 0.365. The molecule has 2 N–H and O–H groups in total. The maximum atomic E-state index is 13.9. The van der Waals surface area contributed by atoms with Crippen LogP contribution in [0.15, 0.2) is 22.7 Å². The van der Waals surface area contributed by atoms with Crippen LogP contribution in [0.1, 0.15) is 67.0 Å². The highest BCUT2D eigenvalue weighted by Crippen LogP contribution is 2.53. The molecule has 0 bridgehead atoms. The Balaban J connectivity index is 1.39. The Morgan fingerprint density at radius 2 is 2.08 bits per heavy atom. The Morgan fingerprint density at radius 1 is 1.29 bits per heavy atom. The zero-order valence-corrected chi connectivity index (χ0v) is 22.3. The minimum absolute atomic E-state index is 0.0602. The number of nitrogen functional groups attached to an aromatic ring is 1. The molecule has 2 aliphatic carbocycles. The Labute approximate surface area is 225 Å². The molecule has 3 aromatic rings. The minimum atomic E-state index is -0.864. The van der Waals surface area contributed by atoms with E-state index < -0.39 is 11.6 Å². The molecule has 0 amide bonds. The molecule has 1 spiro atoms. The van der Waals surface area contributed by atoms with Gasteiger partial charge < -0.3 is 15.0 Å². The van der Waals surface area contributed by atoms with Gasteiger partial charge in [0.25, 0.3) is 0 Å². The second kappa shape index (κ2) is 9.51. The van der Waals surface area contributed by atoms with Crippen LogP contribution in [-0.4, -0.2) is 51.9 Å². The van der Waals surface area contributed by atoms with Crippen LogP contribution in [0.3, 0.4) is 0 Å². The van der Waals surface area contributed by atoms with Gasteiger partial charge in [-0.15, -0.1) is 0 Å². The SMILES string of the molecule is C[C@H](Oc1cc(Cl)nc(-c2noc3c2CCC[C@@]32CCCc3ccc(N)c(C#N)c32)n1)[C@@H]1C[C@@H](F)CN1C. The fourth-order valence-corrected chi connectivity index (χ4v) is 7.01. The molecule has 2 aromatic heterocycles. The molecule has 0 unspecified atom stereocenters. The Hall–Kier alpha value is -3.22. The lowest BCUT2D eigenvalue weighted by atomic mass is 9.61. The van der Waals surface area contributed by atoms with Gasteiger partial charge in [-0.3, -0.25) is 4.90 Å². The first kappa shape index (κ1) is 25.1. The lowest BCUT2D eigenvalue weighted by Gasteiger charge is -2.41. The summed E-state index contributed by atoms with van der Waals surface area (Å²) in [6.07, 6.45) is 4.51. The van der Waals surface area contributed by atoms with E-state index in [-0.39, 0.29) is 17.3 Å². The van der Waals surface area contributed by atoms with Crippen LogP contribution in [0.25, 0.3) is 11.5 Å². The van der Waals surface area contributed by atoms with Gasteiger partial charge in [0.1, 0.15) is 23.5 Å². The fourth-order valence-electron chi connectivity index (χ4n) is 6.84. The van der Waals surface area contributed by atoms with E-state index in [1.54, 1.807) is 6.07 Å². The van der Waals surface area contributed by atoms with Gasteiger partial charge in [0.05, 0.1) is 11.0 Å². The van der Waals surface area contributed by atoms with Crippen LogP contribution in [0.4, 0.5) is 10.1 Å². The van der Waals surface area contributed by atoms with Crippen LogP contribution in [-0.2, 0) is 18.3 Å². The molecule has 1 fully saturated rings. The molecule has 3 heterocycles. The van der Waals surface area contributed by atoms with E-state index in [9.17, 15) is 9.65 Å². The maximum Gasteiger partial charge on any atom is 0.218 e. The van der Waals surface area contributed by atoms with Gasteiger partial charge in [-0.2, -0.15) is 10.2 Å². The summed E-state index contributed by atoms with van der Waals surface area (Å²) in [6.45, 7) is 2.30. The van der Waals surface area contributed by atoms with Gasteiger partial charge >= 0.3 is 0 Å². The summed E-state index contributed by atoms with van der Waals surface area (Å²) in [7, 11) is 1.90. The van der Waals surface area contributed by atoms with Gasteiger partial charge in [0.2, 0.25) is 5.88 Å². The molecule has 1 aliphatic heterocycles. The number of nitrogens with zero attached hydrogens (tertiary/aromatic N) is 5. The number of likely N-dealkylation sites (tertiary alicyclic amines) is 1. The van der Waals surface area contributed by atoms with E-state index in [2.05, 4.69) is 21.2 Å². The van der Waals surface area contributed by atoms with Crippen LogP contribution in [0, 0.1) is 11.3 Å². The van der Waals surface area contributed by atoms with Crippen LogP contribution >= 0.6 is 11.6 Å². The first-order chi connectivity index (χ1) is 18.3. The summed E-state index contributed by atoms with van der Waals surface area (Å²) in [4.78, 5) is 11.1. The molecule has 198 valence electrons. The van der Waals surface area contributed by atoms with Gasteiger partial charge in [0.15, 0.2) is 17.3 Å². The number of nitrogens with two attached hydrogens (primary N) is 1. The van der Waals surface area contributed by atoms with Crippen molar-refractivity contribution in [2.24, 2.45) is 0 Å². The molecule has 10 heteroatoms. The monoisotopic (exact) mass is 536 g/mol. The van der Waals surface area contributed by atoms with Crippen molar-refractivity contribution in [3.63, 3.8) is 0 Å². The van der Waals surface area contributed by atoms with E-state index >= 15 is 0 Å². The van der Waals surface area contributed by atoms with E-state index in [0.717, 1.165) is 61.0 Å². The number of alkyl halides is 1. The second-order valence-electron chi connectivity index (χ2n) is 10.8. The molecule has 6 rings (SSSR count). The van der Waals surface area contributed by atoms with E-state index in [1.165, 1.54) is 0 Å². The number of aromatic nitrogens is 3. The largest absolute Gasteiger partial charge is 0.473 e. The topological polar surface area (TPSA) is 114 Å². The number of fused-ring (bicyclic) bond motifs is 4. The second-order valence-corrected chi connectivity index (χ2v) is 11.2. The molecule has 1 saturated heterocycles. The number of ether oxygens (including phenoxy) is 1. The molecule has 3 aliphatic rings. The predicted octanol–water partition coefficient (Wildman–Crippen LogP) is 5.01. The third kappa shape index (κ3) is 4.02. The van der Waals surface area contributed by atoms with Gasteiger partial charge in [-0.1, -0.05) is 22.8 Å². The molecule has 0 saturated carbocycles. The van der Waals surface area contributed by atoms with Crippen molar-refractivity contribution in [3.05, 3.63) is 51.4 Å². The van der Waals surface area contributed by atoms with Crippen LogP contribution < -0.4 is 10.5 Å². The number of anilines is 1. The first-order valence-electron chi connectivity index (χ1n) is 13.2. The highest BCUT2D eigenvalue weighted by molar-refractivity contribution is 6.29. The maximum absolute atomic E-state index is 13.9. The summed E-state index contributed by atoms with van der Waals surface area (Å²) in [5.74, 6) is 1.41. The Kier molecular flexibility index (Phi) is 6.28. The van der Waals surface area contributed by atoms with E-state index in [4.69, 9.17) is 26.6 Å². The van der Waals surface area contributed by atoms with E-state index in [0.29, 0.717) is 41.6 Å². The number of rotatable bonds is 4. The zero-order valence-electron chi connectivity index (χ0n) is 21.5. The van der Waals surface area contributed by atoms with Crippen molar-refractivity contribution in [1.82, 2.24) is 20.0 Å². The lowest BCUT2D eigenvalue weighted by Crippen LogP contribution is -2.38. The summed E-state index contributed by atoms with van der Waals surface area (Å²) in [6, 6.07) is 7.72. The van der Waals surface area contributed by atoms with Crippen molar-refractivity contribution in [3.8, 4) is 23.5 Å². The zero-order chi connectivity index (χ0) is 26.6. The summed E-state index contributed by atoms with van der Waals surface area (Å²) < 4.78 is 26.1. The normalized spacial score (nSPS) is 25.6. The predicted molar refractivity (Wildman–Crippen MR) is 141 cm³/mol. The lowest BCUT2D eigenvalue weighted by molar-refractivity contribution is 0.117. The highest BCUT2D eigenvalue weighted by atomic mass is 35.5. The van der Waals surface area contributed by atoms with Gasteiger partial charge in [-0.25, -0.2) is 9.37 Å². The minimum Gasteiger partial charge on any atom is -0.473 e. The Bertz CT molecular complexity index is 1430. The third-order valence-electron chi connectivity index (χ3n) is 8.50. The molecule has 4 atom stereocenters. The highest BCUT2D eigenvalue weighted by Gasteiger charge is 2.48. The number of likely N-dealkylation sites (N-methyl/N-ethyl adjacent to an activating group) is 1. The summed E-state index contributed by atoms with van der Waals surface area (Å²) in [5.41, 5.74) is 10.4. The fraction of sp³-hybridized carbons (Fsp3) is 0.500. The third-order valence-corrected chi connectivity index (χ3v) is 8.69. The Morgan fingerprint density at radius 3 is 2.82 bits per heavy atom. The smallest absolute Gasteiger partial charge is 0.218 e. The van der Waals surface area contributed by atoms with Crippen molar-refractivity contribution in [2.45, 2.75) is 75.6 Å². The molecular formula is C28H30ClFN6O2. The van der Waals surface area contributed by atoms with E-state index in [1.807, 2.05) is 31.0 Å². The average Bonchev–Trinajstić information content (AvgIpc) is 3.47. The number of hydrogen-bond donors (Lipinski definition) is 1. The standard InChI is InChI=1S/C28H30ClFN6O2/c1-15(21-11-17(30)14-36(21)2)37-23-12-22(29)33-27(34-23)25-18-6-4-10-28(26(18)38-35-25)9-3-5-16-7-8-20(32)19(13-31)24(16)28/h7-8,12,15,17,21H,3-6,9-11,14,32H2,1-2H3/t15-,17+,21-,28+/m0/s1. The average molecular weight is 537 g/mol. The molecule has 8 nitrogen and oxygen atoms in total. The number of nitriles is 1. The molecular weight excluding hydrogens is 507 g/mol. The molecule has 38 heavy (non-hydrogen) atoms. The van der Waals surface area contributed by atoms with Gasteiger partial charge in [-0.05, 0) is 76.1 Å². The molecule has 1 aromatic carbocycles. The van der Waals surface area contributed by atoms with Gasteiger partial charge in [0, 0.05) is 29.9 Å². The first-order valence-corrected chi connectivity index (χ1v) is 13.6.